The van der Waals surface area contributed by atoms with Gasteiger partial charge in [0.2, 0.25) is 0 Å². The van der Waals surface area contributed by atoms with Gasteiger partial charge in [0, 0.05) is 22.5 Å². The predicted molar refractivity (Wildman–Crippen MR) is 128 cm³/mol. The average molecular weight is 500 g/mol. The van der Waals surface area contributed by atoms with Crippen molar-refractivity contribution in [2.75, 3.05) is 18.5 Å². The first-order chi connectivity index (χ1) is 16.4. The first-order valence-corrected chi connectivity index (χ1v) is 12.3. The van der Waals surface area contributed by atoms with Crippen molar-refractivity contribution in [3.05, 3.63) is 70.1 Å². The summed E-state index contributed by atoms with van der Waals surface area (Å²) in [5.41, 5.74) is 2.68. The maximum atomic E-state index is 13.7. The minimum atomic E-state index is -1.09. The van der Waals surface area contributed by atoms with Gasteiger partial charge in [-0.1, -0.05) is 12.1 Å². The number of fused-ring (bicyclic) bond motifs is 2. The molecule has 6 nitrogen and oxygen atoms in total. The van der Waals surface area contributed by atoms with Crippen LogP contribution in [0.4, 0.5) is 18.6 Å². The van der Waals surface area contributed by atoms with Crippen molar-refractivity contribution >= 4 is 49.9 Å². The van der Waals surface area contributed by atoms with Gasteiger partial charge in [-0.2, -0.15) is 0 Å². The van der Waals surface area contributed by atoms with Gasteiger partial charge in [-0.3, -0.25) is 4.79 Å². The maximum Gasteiger partial charge on any atom is 0.410 e. The Morgan fingerprint density at radius 3 is 2.74 bits per heavy atom. The molecule has 0 radical (unpaired) electrons. The number of rotatable bonds is 4. The summed E-state index contributed by atoms with van der Waals surface area (Å²) >= 11 is 2.87. The topological polar surface area (TPSA) is 71.5 Å². The molecule has 174 valence electrons. The number of thiazole rings is 1. The Kier molecular flexibility index (Phi) is 6.01. The fourth-order valence-corrected chi connectivity index (χ4v) is 6.25. The summed E-state index contributed by atoms with van der Waals surface area (Å²) in [6.45, 7) is 2.89. The lowest BCUT2D eigenvalue weighted by Crippen LogP contribution is -2.35. The predicted octanol–water partition coefficient (Wildman–Crippen LogP) is 6.07. The van der Waals surface area contributed by atoms with Crippen molar-refractivity contribution in [3.63, 3.8) is 0 Å². The molecule has 0 fully saturated rings. The standard InChI is InChI=1S/C24H19F2N3O3S2/c1-2-32-24(31)29-10-9-14-19(12-29)34-23(28-21(30)13-7-8-15(25)16(26)11-13)20(14)22-27-17-5-3-4-6-18(17)33-22/h3-8,11H,2,9-10,12H2,1H3,(H,28,30). The Balaban J connectivity index is 1.55. The van der Waals surface area contributed by atoms with Gasteiger partial charge in [-0.15, -0.1) is 22.7 Å². The van der Waals surface area contributed by atoms with Crippen molar-refractivity contribution in [1.82, 2.24) is 9.88 Å². The molecule has 0 spiro atoms. The van der Waals surface area contributed by atoms with E-state index in [4.69, 9.17) is 9.72 Å². The largest absolute Gasteiger partial charge is 0.450 e. The molecule has 4 aromatic rings. The van der Waals surface area contributed by atoms with Crippen LogP contribution in [0.1, 0.15) is 27.7 Å². The van der Waals surface area contributed by atoms with Crippen LogP contribution in [0.2, 0.25) is 0 Å². The number of carbonyl (C=O) groups is 2. The van der Waals surface area contributed by atoms with E-state index in [0.717, 1.165) is 43.4 Å². The summed E-state index contributed by atoms with van der Waals surface area (Å²) in [6, 6.07) is 10.8. The number of thiophene rings is 1. The number of halogens is 2. The van der Waals surface area contributed by atoms with Crippen LogP contribution in [-0.4, -0.2) is 35.0 Å². The highest BCUT2D eigenvalue weighted by atomic mass is 32.1. The van der Waals surface area contributed by atoms with Crippen LogP contribution in [0, 0.1) is 11.6 Å². The second-order valence-electron chi connectivity index (χ2n) is 7.65. The third-order valence-electron chi connectivity index (χ3n) is 5.50. The molecule has 2 aromatic heterocycles. The van der Waals surface area contributed by atoms with E-state index < -0.39 is 17.5 Å². The first-order valence-electron chi connectivity index (χ1n) is 10.6. The number of aromatic nitrogens is 1. The lowest BCUT2D eigenvalue weighted by molar-refractivity contribution is 0.102. The molecule has 0 unspecified atom stereocenters. The molecule has 2 aromatic carbocycles. The van der Waals surface area contributed by atoms with E-state index in [2.05, 4.69) is 5.32 Å². The van der Waals surface area contributed by atoms with Gasteiger partial charge in [0.1, 0.15) is 10.0 Å². The zero-order valence-electron chi connectivity index (χ0n) is 18.1. The molecular weight excluding hydrogens is 480 g/mol. The number of nitrogens with zero attached hydrogens (tertiary/aromatic N) is 2. The Bertz CT molecular complexity index is 1380. The highest BCUT2D eigenvalue weighted by Crippen LogP contribution is 2.45. The van der Waals surface area contributed by atoms with Gasteiger partial charge in [0.25, 0.3) is 5.91 Å². The molecule has 2 amide bonds. The summed E-state index contributed by atoms with van der Waals surface area (Å²) in [6.07, 6.45) is 0.201. The Morgan fingerprint density at radius 1 is 1.15 bits per heavy atom. The van der Waals surface area contributed by atoms with Gasteiger partial charge in [0.15, 0.2) is 11.6 Å². The number of nitrogens with one attached hydrogen (secondary N) is 1. The smallest absolute Gasteiger partial charge is 0.410 e. The maximum absolute atomic E-state index is 13.7. The quantitative estimate of drug-likeness (QED) is 0.370. The third-order valence-corrected chi connectivity index (χ3v) is 7.69. The molecule has 1 aliphatic rings. The highest BCUT2D eigenvalue weighted by molar-refractivity contribution is 7.23. The van der Waals surface area contributed by atoms with Gasteiger partial charge in [-0.05, 0) is 49.2 Å². The molecule has 0 saturated heterocycles. The van der Waals surface area contributed by atoms with E-state index in [9.17, 15) is 18.4 Å². The van der Waals surface area contributed by atoms with Crippen molar-refractivity contribution < 1.29 is 23.1 Å². The summed E-state index contributed by atoms with van der Waals surface area (Å²) < 4.78 is 33.2. The van der Waals surface area contributed by atoms with Crippen LogP contribution in [0.5, 0.6) is 0 Å². The number of anilines is 1. The molecule has 0 saturated carbocycles. The van der Waals surface area contributed by atoms with Crippen molar-refractivity contribution in [2.45, 2.75) is 19.9 Å². The number of benzene rings is 2. The summed E-state index contributed by atoms with van der Waals surface area (Å²) in [4.78, 5) is 32.5. The van der Waals surface area contributed by atoms with Crippen LogP contribution < -0.4 is 5.32 Å². The van der Waals surface area contributed by atoms with Crippen LogP contribution in [0.3, 0.4) is 0 Å². The molecule has 5 rings (SSSR count). The van der Waals surface area contributed by atoms with E-state index in [-0.39, 0.29) is 11.7 Å². The molecule has 3 heterocycles. The molecular formula is C24H19F2N3O3S2. The monoisotopic (exact) mass is 499 g/mol. The van der Waals surface area contributed by atoms with E-state index >= 15 is 0 Å². The van der Waals surface area contributed by atoms with Gasteiger partial charge >= 0.3 is 6.09 Å². The van der Waals surface area contributed by atoms with Crippen LogP contribution in [0.15, 0.2) is 42.5 Å². The van der Waals surface area contributed by atoms with Gasteiger partial charge in [0.05, 0.1) is 23.4 Å². The molecule has 1 N–H and O–H groups in total. The molecule has 0 atom stereocenters. The van der Waals surface area contributed by atoms with E-state index in [1.165, 1.54) is 28.7 Å². The number of hydrogen-bond donors (Lipinski definition) is 1. The second kappa shape index (κ2) is 9.11. The Morgan fingerprint density at radius 2 is 1.97 bits per heavy atom. The number of para-hydroxylation sites is 1. The summed E-state index contributed by atoms with van der Waals surface area (Å²) in [5, 5.41) is 4.18. The fraction of sp³-hybridized carbons (Fsp3) is 0.208. The number of amides is 2. The van der Waals surface area contributed by atoms with E-state index in [0.29, 0.717) is 31.1 Å². The number of ether oxygens (including phenoxy) is 1. The second-order valence-corrected chi connectivity index (χ2v) is 9.78. The lowest BCUT2D eigenvalue weighted by Gasteiger charge is -2.26. The summed E-state index contributed by atoms with van der Waals surface area (Å²) in [7, 11) is 0. The minimum Gasteiger partial charge on any atom is -0.450 e. The van der Waals surface area contributed by atoms with E-state index in [1.807, 2.05) is 24.3 Å². The van der Waals surface area contributed by atoms with Gasteiger partial charge in [-0.25, -0.2) is 18.6 Å². The Hall–Kier alpha value is -3.37. The number of carbonyl (C=O) groups excluding carboxylic acids is 2. The Labute approximate surface area is 201 Å². The molecule has 10 heteroatoms. The molecule has 0 bridgehead atoms. The van der Waals surface area contributed by atoms with Gasteiger partial charge < -0.3 is 15.0 Å². The SMILES string of the molecule is CCOC(=O)N1CCc2c(sc(NC(=O)c3ccc(F)c(F)c3)c2-c2nc3ccccc3s2)C1. The van der Waals surface area contributed by atoms with Crippen molar-refractivity contribution in [2.24, 2.45) is 0 Å². The van der Waals surface area contributed by atoms with Crippen molar-refractivity contribution in [1.29, 1.82) is 0 Å². The zero-order chi connectivity index (χ0) is 23.8. The van der Waals surface area contributed by atoms with E-state index in [1.54, 1.807) is 11.8 Å². The third kappa shape index (κ3) is 4.14. The van der Waals surface area contributed by atoms with Crippen LogP contribution in [0.25, 0.3) is 20.8 Å². The first kappa shape index (κ1) is 22.4. The normalized spacial score (nSPS) is 13.1. The zero-order valence-corrected chi connectivity index (χ0v) is 19.7. The summed E-state index contributed by atoms with van der Waals surface area (Å²) in [5.74, 6) is -2.66. The fourth-order valence-electron chi connectivity index (χ4n) is 3.88. The molecule has 34 heavy (non-hydrogen) atoms. The number of hydrogen-bond acceptors (Lipinski definition) is 6. The van der Waals surface area contributed by atoms with Crippen molar-refractivity contribution in [3.8, 4) is 10.6 Å². The lowest BCUT2D eigenvalue weighted by atomic mass is 10.0. The van der Waals surface area contributed by atoms with Crippen LogP contribution in [-0.2, 0) is 17.7 Å². The minimum absolute atomic E-state index is 0.00803. The molecule has 0 aliphatic carbocycles. The highest BCUT2D eigenvalue weighted by Gasteiger charge is 2.30. The van der Waals surface area contributed by atoms with Crippen LogP contribution >= 0.6 is 22.7 Å². The molecule has 1 aliphatic heterocycles. The average Bonchev–Trinajstić information content (AvgIpc) is 3.40.